The minimum Gasteiger partial charge on any atom is -0.493 e. The molecule has 0 radical (unpaired) electrons. The molecule has 0 saturated carbocycles. The predicted molar refractivity (Wildman–Crippen MR) is 125 cm³/mol. The molecule has 1 N–H and O–H groups in total. The number of nitriles is 1. The lowest BCUT2D eigenvalue weighted by Gasteiger charge is -2.34. The van der Waals surface area contributed by atoms with E-state index in [-0.39, 0.29) is 11.8 Å². The highest BCUT2D eigenvalue weighted by Gasteiger charge is 2.27. The molecule has 0 spiro atoms. The number of carbonyl (C=O) groups excluding carboxylic acids is 1. The van der Waals surface area contributed by atoms with Gasteiger partial charge < -0.3 is 19.7 Å². The fourth-order valence-corrected chi connectivity index (χ4v) is 4.27. The van der Waals surface area contributed by atoms with E-state index in [2.05, 4.69) is 21.3 Å². The topological polar surface area (TPSA) is 87.5 Å². The predicted octanol–water partition coefficient (Wildman–Crippen LogP) is 4.63. The first-order chi connectivity index (χ1) is 15.5. The van der Waals surface area contributed by atoms with Crippen molar-refractivity contribution in [2.75, 3.05) is 37.5 Å². The number of methoxy groups -OCH3 is 2. The lowest BCUT2D eigenvalue weighted by Crippen LogP contribution is -2.38. The lowest BCUT2D eigenvalue weighted by molar-refractivity contribution is -0.120. The Bertz CT molecular complexity index is 1200. The van der Waals surface area contributed by atoms with Crippen LogP contribution in [0.1, 0.15) is 18.4 Å². The molecule has 8 heteroatoms. The van der Waals surface area contributed by atoms with Crippen LogP contribution in [-0.4, -0.2) is 38.2 Å². The summed E-state index contributed by atoms with van der Waals surface area (Å²) in [6, 6.07) is 13.0. The number of rotatable bonds is 5. The van der Waals surface area contributed by atoms with Crippen LogP contribution < -0.4 is 19.7 Å². The van der Waals surface area contributed by atoms with Crippen LogP contribution in [-0.2, 0) is 4.79 Å². The number of nitrogens with one attached hydrogen (secondary N) is 1. The van der Waals surface area contributed by atoms with Crippen LogP contribution in [0.2, 0.25) is 5.02 Å². The van der Waals surface area contributed by atoms with E-state index in [1.165, 1.54) is 0 Å². The number of benzene rings is 2. The molecule has 1 aliphatic rings. The van der Waals surface area contributed by atoms with Gasteiger partial charge in [-0.3, -0.25) is 9.78 Å². The molecular weight excluding hydrogens is 428 g/mol. The molecule has 2 aromatic carbocycles. The first-order valence-corrected chi connectivity index (χ1v) is 10.7. The fourth-order valence-electron chi connectivity index (χ4n) is 4.10. The number of piperidine rings is 1. The molecule has 0 atom stereocenters. The maximum Gasteiger partial charge on any atom is 0.227 e. The summed E-state index contributed by atoms with van der Waals surface area (Å²) < 4.78 is 10.6. The van der Waals surface area contributed by atoms with Gasteiger partial charge in [-0.05, 0) is 43.2 Å². The Morgan fingerprint density at radius 3 is 2.59 bits per heavy atom. The van der Waals surface area contributed by atoms with Crippen molar-refractivity contribution in [1.82, 2.24) is 4.98 Å². The Balaban J connectivity index is 1.49. The summed E-state index contributed by atoms with van der Waals surface area (Å²) in [6.07, 6.45) is 2.95. The van der Waals surface area contributed by atoms with Crippen LogP contribution in [0.3, 0.4) is 0 Å². The number of ether oxygens (including phenoxy) is 2. The van der Waals surface area contributed by atoms with Crippen molar-refractivity contribution >= 4 is 39.8 Å². The number of anilines is 2. The second kappa shape index (κ2) is 9.33. The Morgan fingerprint density at radius 1 is 1.16 bits per heavy atom. The van der Waals surface area contributed by atoms with Crippen molar-refractivity contribution in [3.8, 4) is 17.6 Å². The molecule has 1 aliphatic heterocycles. The molecule has 32 heavy (non-hydrogen) atoms. The smallest absolute Gasteiger partial charge is 0.227 e. The number of pyridine rings is 1. The normalized spacial score (nSPS) is 14.1. The molecule has 0 aliphatic carbocycles. The highest BCUT2D eigenvalue weighted by Crippen LogP contribution is 2.34. The highest BCUT2D eigenvalue weighted by molar-refractivity contribution is 6.31. The van der Waals surface area contributed by atoms with Crippen LogP contribution in [0.15, 0.2) is 42.6 Å². The quantitative estimate of drug-likeness (QED) is 0.609. The van der Waals surface area contributed by atoms with E-state index in [0.717, 1.165) is 16.6 Å². The van der Waals surface area contributed by atoms with Gasteiger partial charge in [-0.1, -0.05) is 11.6 Å². The number of fused-ring (bicyclic) bond motifs is 1. The van der Waals surface area contributed by atoms with E-state index in [1.54, 1.807) is 44.7 Å². The maximum absolute atomic E-state index is 12.9. The van der Waals surface area contributed by atoms with Gasteiger partial charge in [0.1, 0.15) is 6.07 Å². The average molecular weight is 451 g/mol. The van der Waals surface area contributed by atoms with Crippen molar-refractivity contribution < 1.29 is 14.3 Å². The number of aromatic nitrogens is 1. The van der Waals surface area contributed by atoms with Gasteiger partial charge >= 0.3 is 0 Å². The third-order valence-electron chi connectivity index (χ3n) is 5.76. The summed E-state index contributed by atoms with van der Waals surface area (Å²) in [6.45, 7) is 1.31. The summed E-state index contributed by atoms with van der Waals surface area (Å²) in [5, 5.41) is 14.1. The zero-order valence-electron chi connectivity index (χ0n) is 17.9. The molecular formula is C24H23ClN4O3. The number of hydrogen-bond acceptors (Lipinski definition) is 6. The molecule has 1 aromatic heterocycles. The summed E-state index contributed by atoms with van der Waals surface area (Å²) in [5.41, 5.74) is 2.79. The number of halogens is 1. The first-order valence-electron chi connectivity index (χ1n) is 10.3. The Labute approximate surface area is 191 Å². The molecule has 7 nitrogen and oxygen atoms in total. The van der Waals surface area contributed by atoms with Gasteiger partial charge in [0.25, 0.3) is 0 Å². The molecule has 1 fully saturated rings. The second-order valence-electron chi connectivity index (χ2n) is 7.61. The number of carbonyl (C=O) groups is 1. The molecule has 0 bridgehead atoms. The molecule has 3 aromatic rings. The molecule has 1 amide bonds. The van der Waals surface area contributed by atoms with Gasteiger partial charge in [0.15, 0.2) is 11.5 Å². The lowest BCUT2D eigenvalue weighted by atomic mass is 9.94. The SMILES string of the molecule is COc1ccc(NC(=O)C2CCN(c3c(C#N)cnc4ccc(Cl)cc34)CC2)cc1OC. The molecule has 164 valence electrons. The van der Waals surface area contributed by atoms with Crippen LogP contribution in [0.5, 0.6) is 11.5 Å². The van der Waals surface area contributed by atoms with E-state index < -0.39 is 0 Å². The fraction of sp³-hybridized carbons (Fsp3) is 0.292. The van der Waals surface area contributed by atoms with Crippen LogP contribution in [0.4, 0.5) is 11.4 Å². The summed E-state index contributed by atoms with van der Waals surface area (Å²) in [5.74, 6) is 1.02. The standard InChI is InChI=1S/C24H23ClN4O3/c1-31-21-6-4-18(12-22(21)32-2)28-24(30)15-7-9-29(10-8-15)23-16(13-26)14-27-20-5-3-17(25)11-19(20)23/h3-6,11-12,14-15H,7-10H2,1-2H3,(H,28,30). The van der Waals surface area contributed by atoms with E-state index in [0.29, 0.717) is 53.7 Å². The van der Waals surface area contributed by atoms with Gasteiger partial charge in [0, 0.05) is 47.4 Å². The van der Waals surface area contributed by atoms with Gasteiger partial charge in [0.2, 0.25) is 5.91 Å². The van der Waals surface area contributed by atoms with Crippen LogP contribution in [0.25, 0.3) is 10.9 Å². The Kier molecular flexibility index (Phi) is 6.33. The minimum absolute atomic E-state index is 0.0278. The zero-order chi connectivity index (χ0) is 22.7. The number of amides is 1. The van der Waals surface area contributed by atoms with Crippen molar-refractivity contribution in [2.24, 2.45) is 5.92 Å². The Morgan fingerprint density at radius 2 is 1.91 bits per heavy atom. The molecule has 1 saturated heterocycles. The Hall–Kier alpha value is -3.50. The van der Waals surface area contributed by atoms with Gasteiger partial charge in [-0.25, -0.2) is 0 Å². The van der Waals surface area contributed by atoms with Gasteiger partial charge in [-0.2, -0.15) is 5.26 Å². The van der Waals surface area contributed by atoms with Gasteiger partial charge in [0.05, 0.1) is 31.0 Å². The third-order valence-corrected chi connectivity index (χ3v) is 5.99. The average Bonchev–Trinajstić information content (AvgIpc) is 2.83. The van der Waals surface area contributed by atoms with E-state index >= 15 is 0 Å². The van der Waals surface area contributed by atoms with E-state index in [1.807, 2.05) is 12.1 Å². The monoisotopic (exact) mass is 450 g/mol. The van der Waals surface area contributed by atoms with E-state index in [9.17, 15) is 10.1 Å². The van der Waals surface area contributed by atoms with E-state index in [4.69, 9.17) is 21.1 Å². The zero-order valence-corrected chi connectivity index (χ0v) is 18.6. The summed E-state index contributed by atoms with van der Waals surface area (Å²) in [4.78, 5) is 19.4. The van der Waals surface area contributed by atoms with Crippen molar-refractivity contribution in [3.63, 3.8) is 0 Å². The van der Waals surface area contributed by atoms with Crippen LogP contribution in [0, 0.1) is 17.2 Å². The van der Waals surface area contributed by atoms with Crippen molar-refractivity contribution in [1.29, 1.82) is 5.26 Å². The summed E-state index contributed by atoms with van der Waals surface area (Å²) >= 11 is 6.21. The van der Waals surface area contributed by atoms with Gasteiger partial charge in [-0.15, -0.1) is 0 Å². The van der Waals surface area contributed by atoms with Crippen molar-refractivity contribution in [3.05, 3.63) is 53.2 Å². The first kappa shape index (κ1) is 21.7. The molecule has 2 heterocycles. The minimum atomic E-state index is -0.124. The second-order valence-corrected chi connectivity index (χ2v) is 8.05. The van der Waals surface area contributed by atoms with Crippen molar-refractivity contribution in [2.45, 2.75) is 12.8 Å². The highest BCUT2D eigenvalue weighted by atomic mass is 35.5. The molecule has 4 rings (SSSR count). The maximum atomic E-state index is 12.9. The molecule has 0 unspecified atom stereocenters. The number of nitrogens with zero attached hydrogens (tertiary/aromatic N) is 3. The van der Waals surface area contributed by atoms with Crippen LogP contribution >= 0.6 is 11.6 Å². The third kappa shape index (κ3) is 4.27. The summed E-state index contributed by atoms with van der Waals surface area (Å²) in [7, 11) is 3.13. The number of hydrogen-bond donors (Lipinski definition) is 1. The largest absolute Gasteiger partial charge is 0.493 e.